The highest BCUT2D eigenvalue weighted by Crippen LogP contribution is 2.62. The fraction of sp³-hybridized carbons (Fsp3) is 0.143. The van der Waals surface area contributed by atoms with Gasteiger partial charge in [0.15, 0.2) is 0 Å². The maximum absolute atomic E-state index is 13.8. The quantitative estimate of drug-likeness (QED) is 0.609. The van der Waals surface area contributed by atoms with E-state index >= 15 is 0 Å². The van der Waals surface area contributed by atoms with Crippen molar-refractivity contribution in [3.8, 4) is 0 Å². The molecule has 1 atom stereocenters. The summed E-state index contributed by atoms with van der Waals surface area (Å²) in [4.78, 5) is 0. The Morgan fingerprint density at radius 2 is 1.04 bits per heavy atom. The Balaban J connectivity index is 1.95. The summed E-state index contributed by atoms with van der Waals surface area (Å²) < 4.78 is 13.8. The highest BCUT2D eigenvalue weighted by molar-refractivity contribution is 7.62. The van der Waals surface area contributed by atoms with E-state index in [2.05, 4.69) is 0 Å². The van der Waals surface area contributed by atoms with E-state index < -0.39 is 13.0 Å². The van der Waals surface area contributed by atoms with Gasteiger partial charge in [-0.05, 0) is 16.7 Å². The summed E-state index contributed by atoms with van der Waals surface area (Å²) in [5, 5.41) is 10.9. The fourth-order valence-electron chi connectivity index (χ4n) is 2.91. The van der Waals surface area contributed by atoms with Crippen LogP contribution in [0.4, 0.5) is 0 Å². The van der Waals surface area contributed by atoms with E-state index in [0.717, 1.165) is 11.1 Å². The smallest absolute Gasteiger partial charge is 0.132 e. The van der Waals surface area contributed by atoms with Gasteiger partial charge in [0.25, 0.3) is 0 Å². The minimum atomic E-state index is -2.92. The first kappa shape index (κ1) is 16.7. The molecule has 1 N–H and O–H groups in total. The third kappa shape index (κ3) is 4.03. The second-order valence-corrected chi connectivity index (χ2v) is 9.05. The second kappa shape index (κ2) is 7.61. The number of hydrogen-bond donors (Lipinski definition) is 1. The van der Waals surface area contributed by atoms with Gasteiger partial charge in [0.1, 0.15) is 13.0 Å². The lowest BCUT2D eigenvalue weighted by Crippen LogP contribution is -2.05. The van der Waals surface area contributed by atoms with Crippen molar-refractivity contribution in [3.63, 3.8) is 0 Å². The molecule has 1 unspecified atom stereocenters. The molecule has 0 amide bonds. The van der Waals surface area contributed by atoms with E-state index in [9.17, 15) is 9.67 Å². The molecule has 0 aromatic heterocycles. The summed E-state index contributed by atoms with van der Waals surface area (Å²) in [6, 6.07) is 28.8. The van der Waals surface area contributed by atoms with Crippen molar-refractivity contribution in [3.05, 3.63) is 108 Å². The lowest BCUT2D eigenvalue weighted by molar-refractivity contribution is 0.252. The molecule has 0 spiro atoms. The van der Waals surface area contributed by atoms with Crippen molar-refractivity contribution in [2.24, 2.45) is 0 Å². The fourth-order valence-corrected chi connectivity index (χ4v) is 5.74. The molecule has 122 valence electrons. The Morgan fingerprint density at radius 3 is 1.46 bits per heavy atom. The largest absolute Gasteiger partial charge is 0.381 e. The van der Waals surface area contributed by atoms with Crippen LogP contribution in [0.1, 0.15) is 22.5 Å². The molecule has 24 heavy (non-hydrogen) atoms. The highest BCUT2D eigenvalue weighted by Gasteiger charge is 2.33. The number of hydrogen-bond acceptors (Lipinski definition) is 2. The molecule has 0 aliphatic rings. The first-order valence-electron chi connectivity index (χ1n) is 8.06. The average Bonchev–Trinajstić information content (AvgIpc) is 2.63. The zero-order valence-corrected chi connectivity index (χ0v) is 14.3. The predicted molar refractivity (Wildman–Crippen MR) is 99.3 cm³/mol. The Bertz CT molecular complexity index is 756. The summed E-state index contributed by atoms with van der Waals surface area (Å²) in [6.07, 6.45) is 0.775. The van der Waals surface area contributed by atoms with Gasteiger partial charge in [-0.3, -0.25) is 0 Å². The summed E-state index contributed by atoms with van der Waals surface area (Å²) in [7, 11) is -2.92. The molecule has 0 saturated carbocycles. The minimum Gasteiger partial charge on any atom is -0.381 e. The normalized spacial score (nSPS) is 12.7. The van der Waals surface area contributed by atoms with Gasteiger partial charge in [0.05, 0.1) is 0 Å². The van der Waals surface area contributed by atoms with Crippen LogP contribution >= 0.6 is 7.14 Å². The minimum absolute atomic E-state index is 0.388. The summed E-state index contributed by atoms with van der Waals surface area (Å²) in [6.45, 7) is 0. The molecule has 0 aliphatic heterocycles. The van der Waals surface area contributed by atoms with Crippen LogP contribution in [0.15, 0.2) is 91.0 Å². The summed E-state index contributed by atoms with van der Waals surface area (Å²) in [5.41, 5.74) is 2.70. The molecule has 3 rings (SSSR count). The molecule has 0 saturated heterocycles. The van der Waals surface area contributed by atoms with Crippen LogP contribution in [-0.2, 0) is 16.9 Å². The van der Waals surface area contributed by atoms with Gasteiger partial charge in [0.2, 0.25) is 0 Å². The lowest BCUT2D eigenvalue weighted by Gasteiger charge is -2.25. The molecule has 0 bridgehead atoms. The van der Waals surface area contributed by atoms with Crippen molar-refractivity contribution < 1.29 is 9.67 Å². The molecule has 3 aromatic rings. The van der Waals surface area contributed by atoms with E-state index in [1.807, 2.05) is 91.0 Å². The molecule has 0 radical (unpaired) electrons. The van der Waals surface area contributed by atoms with Crippen molar-refractivity contribution in [2.45, 2.75) is 18.2 Å². The lowest BCUT2D eigenvalue weighted by atomic mass is 10.2. The molecule has 0 heterocycles. The van der Waals surface area contributed by atoms with Crippen molar-refractivity contribution in [2.75, 3.05) is 0 Å². The third-order valence-corrected chi connectivity index (χ3v) is 7.12. The summed E-state index contributed by atoms with van der Waals surface area (Å²) in [5.74, 6) is -0.959. The van der Waals surface area contributed by atoms with E-state index in [1.165, 1.54) is 0 Å². The van der Waals surface area contributed by atoms with Crippen LogP contribution in [0.2, 0.25) is 0 Å². The van der Waals surface area contributed by atoms with Crippen LogP contribution in [-0.4, -0.2) is 5.11 Å². The van der Waals surface area contributed by atoms with Gasteiger partial charge in [0, 0.05) is 12.3 Å². The van der Waals surface area contributed by atoms with E-state index in [-0.39, 0.29) is 0 Å². The molecule has 3 heteroatoms. The maximum Gasteiger partial charge on any atom is 0.132 e. The molecule has 2 nitrogen and oxygen atoms in total. The monoisotopic (exact) mass is 336 g/mol. The van der Waals surface area contributed by atoms with Gasteiger partial charge in [-0.2, -0.15) is 0 Å². The standard InChI is InChI=1S/C21H21O2P/c22-21(20-14-8-3-9-15-20)24(23,16-18-10-4-1-5-11-18)17-19-12-6-2-7-13-19/h1-15,21-22H,16-17H2. The van der Waals surface area contributed by atoms with Crippen molar-refractivity contribution in [1.29, 1.82) is 0 Å². The Morgan fingerprint density at radius 1 is 0.667 bits per heavy atom. The SMILES string of the molecule is O=P(Cc1ccccc1)(Cc1ccccc1)C(O)c1ccccc1. The average molecular weight is 336 g/mol. The summed E-state index contributed by atoms with van der Waals surface area (Å²) >= 11 is 0. The molecule has 0 aliphatic carbocycles. The third-order valence-electron chi connectivity index (χ3n) is 4.13. The van der Waals surface area contributed by atoms with E-state index in [1.54, 1.807) is 0 Å². The van der Waals surface area contributed by atoms with Gasteiger partial charge in [-0.1, -0.05) is 91.0 Å². The first-order valence-corrected chi connectivity index (χ1v) is 10.2. The van der Waals surface area contributed by atoms with Gasteiger partial charge in [-0.15, -0.1) is 0 Å². The van der Waals surface area contributed by atoms with Crippen molar-refractivity contribution in [1.82, 2.24) is 0 Å². The zero-order chi connectivity index (χ0) is 16.8. The molecule has 3 aromatic carbocycles. The van der Waals surface area contributed by atoms with Crippen LogP contribution < -0.4 is 0 Å². The predicted octanol–water partition coefficient (Wildman–Crippen LogP) is 5.44. The Labute approximate surface area is 143 Å². The second-order valence-electron chi connectivity index (χ2n) is 6.02. The molecular formula is C21H21O2P. The van der Waals surface area contributed by atoms with Gasteiger partial charge < -0.3 is 9.67 Å². The number of rotatable bonds is 6. The van der Waals surface area contributed by atoms with Crippen LogP contribution in [0, 0.1) is 0 Å². The van der Waals surface area contributed by atoms with Crippen LogP contribution in [0.25, 0.3) is 0 Å². The van der Waals surface area contributed by atoms with Gasteiger partial charge >= 0.3 is 0 Å². The van der Waals surface area contributed by atoms with E-state index in [0.29, 0.717) is 17.9 Å². The number of aliphatic hydroxyl groups excluding tert-OH is 1. The Hall–Kier alpha value is -2.15. The van der Waals surface area contributed by atoms with Crippen LogP contribution in [0.3, 0.4) is 0 Å². The zero-order valence-electron chi connectivity index (χ0n) is 13.5. The highest BCUT2D eigenvalue weighted by atomic mass is 31.2. The topological polar surface area (TPSA) is 37.3 Å². The van der Waals surface area contributed by atoms with E-state index in [4.69, 9.17) is 0 Å². The Kier molecular flexibility index (Phi) is 5.30. The molecular weight excluding hydrogens is 315 g/mol. The number of benzene rings is 3. The first-order chi connectivity index (χ1) is 11.7. The van der Waals surface area contributed by atoms with Gasteiger partial charge in [-0.25, -0.2) is 0 Å². The molecule has 0 fully saturated rings. The number of aliphatic hydroxyl groups is 1. The van der Waals surface area contributed by atoms with Crippen molar-refractivity contribution >= 4 is 7.14 Å². The van der Waals surface area contributed by atoms with Crippen LogP contribution in [0.5, 0.6) is 0 Å². The maximum atomic E-state index is 13.8.